The lowest BCUT2D eigenvalue weighted by atomic mass is 10.1. The Balaban J connectivity index is 1.85. The van der Waals surface area contributed by atoms with Crippen LogP contribution in [-0.4, -0.2) is 23.3 Å². The second-order valence-electron chi connectivity index (χ2n) is 5.51. The zero-order valence-corrected chi connectivity index (χ0v) is 15.2. The molecule has 1 aromatic heterocycles. The monoisotopic (exact) mass is 365 g/mol. The van der Waals surface area contributed by atoms with E-state index in [-0.39, 0.29) is 24.3 Å². The normalized spacial score (nSPS) is 11.8. The van der Waals surface area contributed by atoms with Gasteiger partial charge in [-0.25, -0.2) is 4.98 Å². The summed E-state index contributed by atoms with van der Waals surface area (Å²) >= 11 is 7.38. The summed E-state index contributed by atoms with van der Waals surface area (Å²) in [4.78, 5) is 28.7. The zero-order valence-electron chi connectivity index (χ0n) is 13.6. The SMILES string of the molecule is CCC(C)C(=O)NCC(=O)Nc1ncc(Cc2cccc(Cl)c2)s1. The predicted molar refractivity (Wildman–Crippen MR) is 97.5 cm³/mol. The van der Waals surface area contributed by atoms with Crippen molar-refractivity contribution in [3.05, 3.63) is 45.9 Å². The molecule has 2 aromatic rings. The van der Waals surface area contributed by atoms with Crippen LogP contribution in [-0.2, 0) is 16.0 Å². The summed E-state index contributed by atoms with van der Waals surface area (Å²) in [6.07, 6.45) is 3.19. The Labute approximate surface area is 150 Å². The summed E-state index contributed by atoms with van der Waals surface area (Å²) in [6.45, 7) is 3.71. The van der Waals surface area contributed by atoms with Gasteiger partial charge in [0.25, 0.3) is 0 Å². The highest BCUT2D eigenvalue weighted by atomic mass is 35.5. The highest BCUT2D eigenvalue weighted by Crippen LogP contribution is 2.22. The minimum Gasteiger partial charge on any atom is -0.347 e. The van der Waals surface area contributed by atoms with E-state index in [1.165, 1.54) is 11.3 Å². The van der Waals surface area contributed by atoms with Gasteiger partial charge < -0.3 is 10.6 Å². The Morgan fingerprint density at radius 2 is 2.17 bits per heavy atom. The van der Waals surface area contributed by atoms with Gasteiger partial charge in [-0.05, 0) is 24.1 Å². The average Bonchev–Trinajstić information content (AvgIpc) is 2.98. The fraction of sp³-hybridized carbons (Fsp3) is 0.353. The van der Waals surface area contributed by atoms with E-state index >= 15 is 0 Å². The molecule has 128 valence electrons. The molecule has 0 aliphatic carbocycles. The van der Waals surface area contributed by atoms with Gasteiger partial charge in [-0.3, -0.25) is 9.59 Å². The van der Waals surface area contributed by atoms with Crippen LogP contribution in [0.4, 0.5) is 5.13 Å². The van der Waals surface area contributed by atoms with Crippen molar-refractivity contribution in [1.29, 1.82) is 0 Å². The molecule has 7 heteroatoms. The molecule has 0 saturated carbocycles. The van der Waals surface area contributed by atoms with Crippen LogP contribution in [0.5, 0.6) is 0 Å². The standard InChI is InChI=1S/C17H20ClN3O2S/c1-3-11(2)16(23)19-10-15(22)21-17-20-9-14(24-17)8-12-5-4-6-13(18)7-12/h4-7,9,11H,3,8,10H2,1-2H3,(H,19,23)(H,20,21,22). The number of thiazole rings is 1. The van der Waals surface area contributed by atoms with Crippen molar-refractivity contribution < 1.29 is 9.59 Å². The highest BCUT2D eigenvalue weighted by Gasteiger charge is 2.12. The smallest absolute Gasteiger partial charge is 0.245 e. The van der Waals surface area contributed by atoms with Gasteiger partial charge >= 0.3 is 0 Å². The van der Waals surface area contributed by atoms with Gasteiger partial charge in [0.05, 0.1) is 6.54 Å². The number of hydrogen-bond acceptors (Lipinski definition) is 4. The molecular weight excluding hydrogens is 346 g/mol. The summed E-state index contributed by atoms with van der Waals surface area (Å²) in [5.41, 5.74) is 1.09. The largest absolute Gasteiger partial charge is 0.347 e. The molecule has 2 N–H and O–H groups in total. The van der Waals surface area contributed by atoms with Crippen LogP contribution in [0.1, 0.15) is 30.7 Å². The van der Waals surface area contributed by atoms with Crippen molar-refractivity contribution in [2.24, 2.45) is 5.92 Å². The van der Waals surface area contributed by atoms with Crippen LogP contribution in [0.15, 0.2) is 30.5 Å². The van der Waals surface area contributed by atoms with E-state index in [0.717, 1.165) is 16.9 Å². The zero-order chi connectivity index (χ0) is 17.5. The Morgan fingerprint density at radius 1 is 1.38 bits per heavy atom. The van der Waals surface area contributed by atoms with E-state index in [0.29, 0.717) is 16.6 Å². The van der Waals surface area contributed by atoms with Crippen LogP contribution in [0.25, 0.3) is 0 Å². The number of halogens is 1. The van der Waals surface area contributed by atoms with Crippen molar-refractivity contribution in [3.8, 4) is 0 Å². The Bertz CT molecular complexity index is 717. The van der Waals surface area contributed by atoms with Gasteiger partial charge in [0.1, 0.15) is 0 Å². The van der Waals surface area contributed by atoms with E-state index in [1.807, 2.05) is 38.1 Å². The summed E-state index contributed by atoms with van der Waals surface area (Å²) < 4.78 is 0. The molecular formula is C17H20ClN3O2S. The molecule has 1 heterocycles. The first-order chi connectivity index (χ1) is 11.5. The van der Waals surface area contributed by atoms with E-state index in [9.17, 15) is 9.59 Å². The minimum absolute atomic E-state index is 0.0492. The molecule has 24 heavy (non-hydrogen) atoms. The summed E-state index contributed by atoms with van der Waals surface area (Å²) in [7, 11) is 0. The van der Waals surface area contributed by atoms with Gasteiger partial charge in [0.15, 0.2) is 5.13 Å². The lowest BCUT2D eigenvalue weighted by Gasteiger charge is -2.09. The molecule has 1 aromatic carbocycles. The van der Waals surface area contributed by atoms with Crippen molar-refractivity contribution in [2.45, 2.75) is 26.7 Å². The number of aromatic nitrogens is 1. The van der Waals surface area contributed by atoms with Gasteiger partial charge in [-0.2, -0.15) is 0 Å². The quantitative estimate of drug-likeness (QED) is 0.789. The molecule has 1 atom stereocenters. The minimum atomic E-state index is -0.282. The van der Waals surface area contributed by atoms with Gasteiger partial charge in [-0.15, -0.1) is 11.3 Å². The summed E-state index contributed by atoms with van der Waals surface area (Å²) in [5.74, 6) is -0.495. The van der Waals surface area contributed by atoms with Crippen LogP contribution >= 0.6 is 22.9 Å². The third kappa shape index (κ3) is 5.62. The molecule has 2 rings (SSSR count). The van der Waals surface area contributed by atoms with Crippen LogP contribution in [0, 0.1) is 5.92 Å². The fourth-order valence-electron chi connectivity index (χ4n) is 1.99. The third-order valence-electron chi connectivity index (χ3n) is 3.55. The lowest BCUT2D eigenvalue weighted by Crippen LogP contribution is -2.35. The van der Waals surface area contributed by atoms with E-state index in [1.54, 1.807) is 6.20 Å². The van der Waals surface area contributed by atoms with Gasteiger partial charge in [0, 0.05) is 28.4 Å². The maximum Gasteiger partial charge on any atom is 0.245 e. The summed E-state index contributed by atoms with van der Waals surface area (Å²) in [5, 5.41) is 6.54. The molecule has 0 aliphatic rings. The van der Waals surface area contributed by atoms with Crippen LogP contribution in [0.2, 0.25) is 5.02 Å². The Kier molecular flexibility index (Phi) is 6.75. The number of carbonyl (C=O) groups excluding carboxylic acids is 2. The Morgan fingerprint density at radius 3 is 2.88 bits per heavy atom. The number of carbonyl (C=O) groups is 2. The number of nitrogens with one attached hydrogen (secondary N) is 2. The highest BCUT2D eigenvalue weighted by molar-refractivity contribution is 7.15. The molecule has 0 bridgehead atoms. The number of amides is 2. The topological polar surface area (TPSA) is 71.1 Å². The maximum absolute atomic E-state index is 11.9. The van der Waals surface area contributed by atoms with Crippen molar-refractivity contribution >= 4 is 39.9 Å². The van der Waals surface area contributed by atoms with E-state index < -0.39 is 0 Å². The summed E-state index contributed by atoms with van der Waals surface area (Å²) in [6, 6.07) is 7.64. The molecule has 2 amide bonds. The number of nitrogens with zero attached hydrogens (tertiary/aromatic N) is 1. The van der Waals surface area contributed by atoms with E-state index in [2.05, 4.69) is 15.6 Å². The van der Waals surface area contributed by atoms with Crippen molar-refractivity contribution in [2.75, 3.05) is 11.9 Å². The number of rotatable bonds is 7. The lowest BCUT2D eigenvalue weighted by molar-refractivity contribution is -0.126. The first-order valence-electron chi connectivity index (χ1n) is 7.74. The molecule has 1 unspecified atom stereocenters. The van der Waals surface area contributed by atoms with Gasteiger partial charge in [-0.1, -0.05) is 37.6 Å². The molecule has 0 saturated heterocycles. The second kappa shape index (κ2) is 8.80. The maximum atomic E-state index is 11.9. The number of benzene rings is 1. The van der Waals surface area contributed by atoms with Gasteiger partial charge in [0.2, 0.25) is 11.8 Å². The molecule has 0 fully saturated rings. The predicted octanol–water partition coefficient (Wildman–Crippen LogP) is 3.49. The molecule has 5 nitrogen and oxygen atoms in total. The van der Waals surface area contributed by atoms with Crippen LogP contribution < -0.4 is 10.6 Å². The molecule has 0 spiro atoms. The van der Waals surface area contributed by atoms with Crippen molar-refractivity contribution in [3.63, 3.8) is 0 Å². The number of anilines is 1. The average molecular weight is 366 g/mol. The number of hydrogen-bond donors (Lipinski definition) is 2. The molecule has 0 aliphatic heterocycles. The first kappa shape index (κ1) is 18.4. The van der Waals surface area contributed by atoms with Crippen molar-refractivity contribution in [1.82, 2.24) is 10.3 Å². The second-order valence-corrected chi connectivity index (χ2v) is 7.07. The molecule has 0 radical (unpaired) electrons. The van der Waals surface area contributed by atoms with E-state index in [4.69, 9.17) is 11.6 Å². The first-order valence-corrected chi connectivity index (χ1v) is 8.94. The Hall–Kier alpha value is -1.92. The fourth-order valence-corrected chi connectivity index (χ4v) is 3.06. The van der Waals surface area contributed by atoms with Crippen LogP contribution in [0.3, 0.4) is 0 Å². The third-order valence-corrected chi connectivity index (χ3v) is 4.70.